The summed E-state index contributed by atoms with van der Waals surface area (Å²) in [5.74, 6) is 0. The van der Waals surface area contributed by atoms with Crippen LogP contribution in [0.4, 0.5) is 17.1 Å². The van der Waals surface area contributed by atoms with E-state index in [1.165, 1.54) is 61.2 Å². The van der Waals surface area contributed by atoms with Gasteiger partial charge in [0.2, 0.25) is 0 Å². The van der Waals surface area contributed by atoms with Gasteiger partial charge >= 0.3 is 0 Å². The molecular formula is C58H49NO. The first-order valence-corrected chi connectivity index (χ1v) is 21.3. The highest BCUT2D eigenvalue weighted by Crippen LogP contribution is 2.52. The number of rotatable bonds is 5. The number of para-hydroxylation sites is 2. The van der Waals surface area contributed by atoms with Crippen molar-refractivity contribution in [2.75, 3.05) is 4.90 Å². The molecule has 0 saturated heterocycles. The summed E-state index contributed by atoms with van der Waals surface area (Å²) in [4.78, 5) is 2.42. The van der Waals surface area contributed by atoms with Crippen LogP contribution in [-0.4, -0.2) is 0 Å². The van der Waals surface area contributed by atoms with Gasteiger partial charge in [-0.25, -0.2) is 0 Å². The fraction of sp³-hybridized carbons (Fsp3) is 0.172. The number of hydrogen-bond acceptors (Lipinski definition) is 2. The second kappa shape index (κ2) is 12.9. The number of furan rings is 1. The molecule has 60 heavy (non-hydrogen) atoms. The van der Waals surface area contributed by atoms with Crippen LogP contribution >= 0.6 is 0 Å². The topological polar surface area (TPSA) is 16.4 Å². The Labute approximate surface area is 353 Å². The minimum atomic E-state index is -0.120. The molecule has 0 aliphatic heterocycles. The average molecular weight is 776 g/mol. The molecule has 2 aliphatic carbocycles. The van der Waals surface area contributed by atoms with Gasteiger partial charge in [-0.1, -0.05) is 170 Å². The van der Waals surface area contributed by atoms with E-state index in [-0.39, 0.29) is 16.2 Å². The molecule has 8 aromatic carbocycles. The molecule has 2 nitrogen and oxygen atoms in total. The van der Waals surface area contributed by atoms with Crippen LogP contribution in [0.2, 0.25) is 0 Å². The minimum Gasteiger partial charge on any atom is -0.455 e. The van der Waals surface area contributed by atoms with Crippen LogP contribution in [0.25, 0.3) is 66.4 Å². The Balaban J connectivity index is 1.02. The first-order valence-electron chi connectivity index (χ1n) is 21.3. The van der Waals surface area contributed by atoms with E-state index in [0.717, 1.165) is 50.1 Å². The number of nitrogens with zero attached hydrogens (tertiary/aromatic N) is 1. The third-order valence-electron chi connectivity index (χ3n) is 13.6. The van der Waals surface area contributed by atoms with E-state index >= 15 is 0 Å². The Hall–Kier alpha value is -6.64. The van der Waals surface area contributed by atoms with E-state index in [1.807, 2.05) is 6.07 Å². The summed E-state index contributed by atoms with van der Waals surface area (Å²) < 4.78 is 6.53. The van der Waals surface area contributed by atoms with E-state index in [1.54, 1.807) is 0 Å². The zero-order chi connectivity index (χ0) is 41.1. The van der Waals surface area contributed by atoms with Gasteiger partial charge in [0.25, 0.3) is 0 Å². The van der Waals surface area contributed by atoms with Crippen LogP contribution in [0.3, 0.4) is 0 Å². The van der Waals surface area contributed by atoms with Crippen molar-refractivity contribution in [1.82, 2.24) is 0 Å². The van der Waals surface area contributed by atoms with Crippen molar-refractivity contribution in [3.05, 3.63) is 198 Å². The highest BCUT2D eigenvalue weighted by Gasteiger charge is 2.37. The summed E-state index contributed by atoms with van der Waals surface area (Å²) >= 11 is 0. The molecular weight excluding hydrogens is 727 g/mol. The van der Waals surface area contributed by atoms with E-state index in [0.29, 0.717) is 0 Å². The maximum absolute atomic E-state index is 6.53. The quantitative estimate of drug-likeness (QED) is 0.173. The van der Waals surface area contributed by atoms with Crippen molar-refractivity contribution >= 4 is 39.0 Å². The lowest BCUT2D eigenvalue weighted by Crippen LogP contribution is -2.17. The monoisotopic (exact) mass is 775 g/mol. The van der Waals surface area contributed by atoms with Crippen LogP contribution in [0, 0.1) is 0 Å². The van der Waals surface area contributed by atoms with E-state index in [9.17, 15) is 0 Å². The first-order chi connectivity index (χ1) is 28.9. The van der Waals surface area contributed by atoms with Crippen LogP contribution in [0.5, 0.6) is 0 Å². The van der Waals surface area contributed by atoms with Gasteiger partial charge in [-0.3, -0.25) is 0 Å². The number of anilines is 3. The van der Waals surface area contributed by atoms with Crippen molar-refractivity contribution in [2.45, 2.75) is 64.7 Å². The summed E-state index contributed by atoms with van der Waals surface area (Å²) in [5, 5.41) is 2.27. The van der Waals surface area contributed by atoms with Crippen LogP contribution in [0.1, 0.15) is 76.3 Å². The van der Waals surface area contributed by atoms with Crippen LogP contribution in [0.15, 0.2) is 174 Å². The normalized spacial score (nSPS) is 14.5. The van der Waals surface area contributed by atoms with Gasteiger partial charge in [0.05, 0.1) is 0 Å². The predicted octanol–water partition coefficient (Wildman–Crippen LogP) is 16.3. The zero-order valence-electron chi connectivity index (χ0n) is 35.5. The summed E-state index contributed by atoms with van der Waals surface area (Å²) in [5.41, 5.74) is 22.0. The Kier molecular flexibility index (Phi) is 7.85. The molecule has 0 atom stereocenters. The second-order valence-electron chi connectivity index (χ2n) is 19.0. The maximum Gasteiger partial charge on any atom is 0.143 e. The molecule has 1 aromatic heterocycles. The molecule has 0 saturated carbocycles. The summed E-state index contributed by atoms with van der Waals surface area (Å²) in [6, 6.07) is 63.0. The summed E-state index contributed by atoms with van der Waals surface area (Å²) in [7, 11) is 0. The Morgan fingerprint density at radius 3 is 1.82 bits per heavy atom. The summed E-state index contributed by atoms with van der Waals surface area (Å²) in [6.07, 6.45) is 0. The van der Waals surface area contributed by atoms with Crippen LogP contribution in [-0.2, 0) is 16.2 Å². The molecule has 0 amide bonds. The van der Waals surface area contributed by atoms with Gasteiger partial charge < -0.3 is 9.32 Å². The fourth-order valence-corrected chi connectivity index (χ4v) is 10.3. The number of hydrogen-bond donors (Lipinski definition) is 0. The average Bonchev–Trinajstić information content (AvgIpc) is 3.83. The van der Waals surface area contributed by atoms with E-state index < -0.39 is 0 Å². The van der Waals surface area contributed by atoms with Gasteiger partial charge in [0, 0.05) is 44.2 Å². The smallest absolute Gasteiger partial charge is 0.143 e. The third-order valence-corrected chi connectivity index (χ3v) is 13.6. The van der Waals surface area contributed by atoms with Crippen molar-refractivity contribution in [2.24, 2.45) is 0 Å². The SMILES string of the molecule is CC(C)(C)c1ccc2c(c1)C(C)(C)c1ccc(-c3ccc(N(c4cccc(-c5cccc6c5oc5ccccc56)c4)c4ccc5c(c4)C(C)(C)c4ccccc4-5)cc3)cc1-2. The maximum atomic E-state index is 6.53. The molecule has 0 fully saturated rings. The Bertz CT molecular complexity index is 3190. The van der Waals surface area contributed by atoms with E-state index in [4.69, 9.17) is 4.42 Å². The van der Waals surface area contributed by atoms with Gasteiger partial charge in [0.15, 0.2) is 0 Å². The lowest BCUT2D eigenvalue weighted by molar-refractivity contribution is 0.584. The van der Waals surface area contributed by atoms with Crippen molar-refractivity contribution < 1.29 is 4.42 Å². The fourth-order valence-electron chi connectivity index (χ4n) is 10.3. The van der Waals surface area contributed by atoms with Gasteiger partial charge in [-0.05, 0) is 121 Å². The zero-order valence-corrected chi connectivity index (χ0v) is 35.5. The number of benzene rings is 8. The molecule has 0 radical (unpaired) electrons. The predicted molar refractivity (Wildman–Crippen MR) is 253 cm³/mol. The summed E-state index contributed by atoms with van der Waals surface area (Å²) in [6.45, 7) is 16.4. The Morgan fingerprint density at radius 1 is 0.400 bits per heavy atom. The van der Waals surface area contributed by atoms with Crippen molar-refractivity contribution in [3.8, 4) is 44.5 Å². The molecule has 0 spiro atoms. The standard InChI is InChI=1S/C58H49NO/c1-56(2,3)39-25-29-46-49-33-37(24-31-51(49)58(6,7)52(46)34-39)36-22-26-40(27-23-36)59(42-28-30-45-44-16-8-10-20-50(44)57(4,5)53(45)35-42)41-15-12-14-38(32-41)43-18-13-19-48-47-17-9-11-21-54(47)60-55(43)48/h8-35H,1-7H3. The number of fused-ring (bicyclic) bond motifs is 9. The molecule has 2 heteroatoms. The third kappa shape index (κ3) is 5.47. The highest BCUT2D eigenvalue weighted by atomic mass is 16.3. The first kappa shape index (κ1) is 36.4. The molecule has 1 heterocycles. The lowest BCUT2D eigenvalue weighted by atomic mass is 9.79. The van der Waals surface area contributed by atoms with Crippen molar-refractivity contribution in [1.29, 1.82) is 0 Å². The minimum absolute atomic E-state index is 0.0505. The van der Waals surface area contributed by atoms with Gasteiger partial charge in [-0.15, -0.1) is 0 Å². The second-order valence-corrected chi connectivity index (χ2v) is 19.0. The molecule has 0 bridgehead atoms. The lowest BCUT2D eigenvalue weighted by Gasteiger charge is -2.28. The van der Waals surface area contributed by atoms with Crippen molar-refractivity contribution in [3.63, 3.8) is 0 Å². The molecule has 292 valence electrons. The molecule has 0 N–H and O–H groups in total. The molecule has 0 unspecified atom stereocenters. The molecule has 9 aromatic rings. The van der Waals surface area contributed by atoms with Gasteiger partial charge in [-0.2, -0.15) is 0 Å². The molecule has 2 aliphatic rings. The largest absolute Gasteiger partial charge is 0.455 e. The van der Waals surface area contributed by atoms with Gasteiger partial charge in [0.1, 0.15) is 11.2 Å². The van der Waals surface area contributed by atoms with E-state index in [2.05, 4.69) is 217 Å². The molecule has 11 rings (SSSR count). The Morgan fingerprint density at radius 2 is 1.00 bits per heavy atom. The van der Waals surface area contributed by atoms with Crippen LogP contribution < -0.4 is 4.90 Å². The highest BCUT2D eigenvalue weighted by molar-refractivity contribution is 6.09.